The molecule has 1 amide bonds. The highest BCUT2D eigenvalue weighted by molar-refractivity contribution is 6.02. The molecule has 0 saturated carbocycles. The first-order valence-corrected chi connectivity index (χ1v) is 7.59. The second kappa shape index (κ2) is 6.23. The van der Waals surface area contributed by atoms with Gasteiger partial charge in [-0.15, -0.1) is 0 Å². The van der Waals surface area contributed by atoms with Crippen molar-refractivity contribution >= 4 is 17.6 Å². The van der Waals surface area contributed by atoms with Crippen LogP contribution in [0.25, 0.3) is 5.69 Å². The lowest BCUT2D eigenvalue weighted by Crippen LogP contribution is -2.35. The van der Waals surface area contributed by atoms with Crippen molar-refractivity contribution in [3.63, 3.8) is 0 Å². The van der Waals surface area contributed by atoms with Crippen LogP contribution in [0, 0.1) is 0 Å². The summed E-state index contributed by atoms with van der Waals surface area (Å²) in [4.78, 5) is 23.6. The Balaban J connectivity index is 1.74. The fraction of sp³-hybridized carbons (Fsp3) is 0.176. The number of benzene rings is 1. The highest BCUT2D eigenvalue weighted by Crippen LogP contribution is 2.18. The number of amides is 1. The summed E-state index contributed by atoms with van der Waals surface area (Å²) >= 11 is 0. The molecule has 0 unspecified atom stereocenters. The van der Waals surface area contributed by atoms with Crippen molar-refractivity contribution in [2.75, 3.05) is 5.32 Å². The normalized spacial score (nSPS) is 11.3. The average molecular weight is 339 g/mol. The summed E-state index contributed by atoms with van der Waals surface area (Å²) in [5.74, 6) is -1.42. The molecule has 0 saturated heterocycles. The third kappa shape index (κ3) is 3.27. The van der Waals surface area contributed by atoms with Crippen LogP contribution in [-0.2, 0) is 10.3 Å². The van der Waals surface area contributed by atoms with Crippen LogP contribution in [0.3, 0.4) is 0 Å². The van der Waals surface area contributed by atoms with E-state index in [0.29, 0.717) is 5.69 Å². The molecule has 1 aromatic carbocycles. The van der Waals surface area contributed by atoms with Crippen molar-refractivity contribution in [2.45, 2.75) is 19.4 Å². The number of aromatic nitrogens is 4. The van der Waals surface area contributed by atoms with Gasteiger partial charge < -0.3 is 10.4 Å². The number of para-hydroxylation sites is 1. The van der Waals surface area contributed by atoms with Crippen molar-refractivity contribution in [2.24, 2.45) is 0 Å². The summed E-state index contributed by atoms with van der Waals surface area (Å²) in [6, 6.07) is 11.0. The lowest BCUT2D eigenvalue weighted by Gasteiger charge is -2.19. The molecule has 2 heterocycles. The zero-order valence-electron chi connectivity index (χ0n) is 13.7. The molecule has 0 aliphatic rings. The van der Waals surface area contributed by atoms with Crippen LogP contribution in [-0.4, -0.2) is 36.5 Å². The molecule has 0 aliphatic carbocycles. The summed E-state index contributed by atoms with van der Waals surface area (Å²) in [7, 11) is 0. The van der Waals surface area contributed by atoms with E-state index in [1.54, 1.807) is 16.9 Å². The molecule has 25 heavy (non-hydrogen) atoms. The van der Waals surface area contributed by atoms with Crippen LogP contribution >= 0.6 is 0 Å². The monoisotopic (exact) mass is 339 g/mol. The number of nitrogens with zero attached hydrogens (tertiary/aromatic N) is 4. The van der Waals surface area contributed by atoms with Gasteiger partial charge in [0.15, 0.2) is 11.2 Å². The molecule has 3 rings (SSSR count). The molecule has 3 aromatic rings. The van der Waals surface area contributed by atoms with Crippen LogP contribution in [0.5, 0.6) is 0 Å². The predicted molar refractivity (Wildman–Crippen MR) is 90.7 cm³/mol. The van der Waals surface area contributed by atoms with Crippen LogP contribution in [0.15, 0.2) is 55.0 Å². The van der Waals surface area contributed by atoms with E-state index in [1.165, 1.54) is 30.9 Å². The molecule has 2 N–H and O–H groups in total. The zero-order chi connectivity index (χ0) is 18.0. The number of carboxylic acids is 1. The van der Waals surface area contributed by atoms with E-state index >= 15 is 0 Å². The van der Waals surface area contributed by atoms with Crippen LogP contribution < -0.4 is 5.32 Å². The Bertz CT molecular complexity index is 911. The lowest BCUT2D eigenvalue weighted by atomic mass is 10.1. The Morgan fingerprint density at radius 2 is 1.88 bits per heavy atom. The van der Waals surface area contributed by atoms with Gasteiger partial charge in [0.2, 0.25) is 0 Å². The van der Waals surface area contributed by atoms with E-state index in [1.807, 2.05) is 30.3 Å². The molecule has 0 radical (unpaired) electrons. The van der Waals surface area contributed by atoms with Crippen molar-refractivity contribution in [1.29, 1.82) is 0 Å². The minimum atomic E-state index is -1.21. The van der Waals surface area contributed by atoms with Crippen molar-refractivity contribution in [3.8, 4) is 5.69 Å². The number of aliphatic carboxylic acids is 1. The summed E-state index contributed by atoms with van der Waals surface area (Å²) in [6.07, 6.45) is 4.57. The molecular weight excluding hydrogens is 322 g/mol. The van der Waals surface area contributed by atoms with Gasteiger partial charge in [0.05, 0.1) is 17.6 Å². The van der Waals surface area contributed by atoms with E-state index in [4.69, 9.17) is 0 Å². The van der Waals surface area contributed by atoms with E-state index in [9.17, 15) is 14.7 Å². The molecule has 128 valence electrons. The molecule has 8 heteroatoms. The molecule has 2 aromatic heterocycles. The Hall–Kier alpha value is -3.42. The van der Waals surface area contributed by atoms with Gasteiger partial charge in [-0.3, -0.25) is 9.48 Å². The number of hydrogen-bond donors (Lipinski definition) is 2. The standard InChI is InChI=1S/C17H17N5O3/c1-17(2,16(24)25)22-11-12(10-18-22)19-15(23)14-8-9-21(20-14)13-6-4-3-5-7-13/h3-11H,1-2H3,(H,19,23)(H,24,25). The van der Waals surface area contributed by atoms with Gasteiger partial charge in [0.1, 0.15) is 0 Å². The molecule has 8 nitrogen and oxygen atoms in total. The Kier molecular flexibility index (Phi) is 4.10. The highest BCUT2D eigenvalue weighted by atomic mass is 16.4. The molecular formula is C17H17N5O3. The number of carbonyl (C=O) groups is 2. The smallest absolute Gasteiger partial charge is 0.331 e. The fourth-order valence-electron chi connectivity index (χ4n) is 2.16. The predicted octanol–water partition coefficient (Wildman–Crippen LogP) is 2.14. The first kappa shape index (κ1) is 16.4. The van der Waals surface area contributed by atoms with Gasteiger partial charge in [-0.25, -0.2) is 9.48 Å². The second-order valence-electron chi connectivity index (χ2n) is 5.97. The Labute approximate surface area is 143 Å². The van der Waals surface area contributed by atoms with Crippen LogP contribution in [0.1, 0.15) is 24.3 Å². The topological polar surface area (TPSA) is 102 Å². The molecule has 0 bridgehead atoms. The van der Waals surface area contributed by atoms with E-state index < -0.39 is 17.4 Å². The summed E-state index contributed by atoms with van der Waals surface area (Å²) in [5.41, 5.74) is 0.276. The Morgan fingerprint density at radius 3 is 2.56 bits per heavy atom. The van der Waals surface area contributed by atoms with Crippen molar-refractivity contribution in [1.82, 2.24) is 19.6 Å². The van der Waals surface area contributed by atoms with Crippen LogP contribution in [0.2, 0.25) is 0 Å². The number of anilines is 1. The van der Waals surface area contributed by atoms with Gasteiger partial charge >= 0.3 is 5.97 Å². The maximum absolute atomic E-state index is 12.3. The van der Waals surface area contributed by atoms with Gasteiger partial charge in [-0.2, -0.15) is 10.2 Å². The molecule has 0 aliphatic heterocycles. The number of carboxylic acid groups (broad SMARTS) is 1. The minimum Gasteiger partial charge on any atom is -0.479 e. The zero-order valence-corrected chi connectivity index (χ0v) is 13.7. The van der Waals surface area contributed by atoms with Gasteiger partial charge in [-0.1, -0.05) is 18.2 Å². The second-order valence-corrected chi connectivity index (χ2v) is 5.97. The third-order valence-electron chi connectivity index (χ3n) is 3.78. The SMILES string of the molecule is CC(C)(C(=O)O)n1cc(NC(=O)c2ccn(-c3ccccc3)n2)cn1. The highest BCUT2D eigenvalue weighted by Gasteiger charge is 2.30. The molecule has 0 fully saturated rings. The van der Waals surface area contributed by atoms with Gasteiger partial charge in [-0.05, 0) is 32.0 Å². The van der Waals surface area contributed by atoms with E-state index in [-0.39, 0.29) is 5.69 Å². The maximum Gasteiger partial charge on any atom is 0.331 e. The van der Waals surface area contributed by atoms with Gasteiger partial charge in [0.25, 0.3) is 5.91 Å². The third-order valence-corrected chi connectivity index (χ3v) is 3.78. The summed E-state index contributed by atoms with van der Waals surface area (Å²) < 4.78 is 2.89. The largest absolute Gasteiger partial charge is 0.479 e. The van der Waals surface area contributed by atoms with Crippen molar-refractivity contribution in [3.05, 3.63) is 60.7 Å². The first-order valence-electron chi connectivity index (χ1n) is 7.59. The lowest BCUT2D eigenvalue weighted by molar-refractivity contribution is -0.146. The average Bonchev–Trinajstić information content (AvgIpc) is 3.25. The maximum atomic E-state index is 12.3. The van der Waals surface area contributed by atoms with E-state index in [0.717, 1.165) is 5.69 Å². The minimum absolute atomic E-state index is 0.245. The van der Waals surface area contributed by atoms with E-state index in [2.05, 4.69) is 15.5 Å². The number of rotatable bonds is 5. The number of nitrogens with one attached hydrogen (secondary N) is 1. The number of hydrogen-bond acceptors (Lipinski definition) is 4. The quantitative estimate of drug-likeness (QED) is 0.741. The molecule has 0 atom stereocenters. The summed E-state index contributed by atoms with van der Waals surface area (Å²) in [6.45, 7) is 3.05. The Morgan fingerprint density at radius 1 is 1.16 bits per heavy atom. The number of carbonyl (C=O) groups excluding carboxylic acids is 1. The molecule has 0 spiro atoms. The van der Waals surface area contributed by atoms with Crippen LogP contribution in [0.4, 0.5) is 5.69 Å². The summed E-state index contributed by atoms with van der Waals surface area (Å²) in [5, 5.41) is 20.1. The van der Waals surface area contributed by atoms with Gasteiger partial charge in [0, 0.05) is 12.4 Å². The van der Waals surface area contributed by atoms with Crippen molar-refractivity contribution < 1.29 is 14.7 Å². The first-order chi connectivity index (χ1) is 11.9. The fourth-order valence-corrected chi connectivity index (χ4v) is 2.16.